The highest BCUT2D eigenvalue weighted by Gasteiger charge is 2.20. The molecule has 16 rings (SSSR count). The van der Waals surface area contributed by atoms with E-state index >= 15 is 0 Å². The summed E-state index contributed by atoms with van der Waals surface area (Å²) in [6.45, 7) is 0. The lowest BCUT2D eigenvalue weighted by atomic mass is 10.1. The van der Waals surface area contributed by atoms with E-state index in [9.17, 15) is 0 Å². The van der Waals surface area contributed by atoms with Crippen molar-refractivity contribution in [1.29, 1.82) is 0 Å². The van der Waals surface area contributed by atoms with Crippen molar-refractivity contribution in [3.8, 4) is 85.1 Å². The second kappa shape index (κ2) is 21.8. The third kappa shape index (κ3) is 10.1. The zero-order chi connectivity index (χ0) is 54.1. The fourth-order valence-electron chi connectivity index (χ4n) is 10.4. The fraction of sp³-hybridized carbons (Fsp3) is 0.0145. The molecule has 15 aromatic rings. The average molecular weight is 1140 g/mol. The summed E-state index contributed by atoms with van der Waals surface area (Å²) < 4.78 is 5.78. The molecule has 0 radical (unpaired) electrons. The van der Waals surface area contributed by atoms with Gasteiger partial charge in [-0.25, -0.2) is 39.9 Å². The van der Waals surface area contributed by atoms with Crippen LogP contribution in [0, 0.1) is 0 Å². The van der Waals surface area contributed by atoms with E-state index in [1.807, 2.05) is 157 Å². The number of aromatic nitrogens is 9. The Hall–Kier alpha value is -9.72. The number of halogens is 1. The first-order valence-corrected chi connectivity index (χ1v) is 28.9. The summed E-state index contributed by atoms with van der Waals surface area (Å²) in [7, 11) is 0. The van der Waals surface area contributed by atoms with Gasteiger partial charge in [0.15, 0.2) is 34.9 Å². The number of thiazole rings is 2. The molecule has 0 fully saturated rings. The molecule has 0 atom stereocenters. The Labute approximate surface area is 482 Å². The van der Waals surface area contributed by atoms with E-state index in [-0.39, 0.29) is 0 Å². The zero-order valence-corrected chi connectivity index (χ0v) is 46.4. The number of fused-ring (bicyclic) bond motifs is 8. The molecular weight excluding hydrogens is 1100 g/mol. The second-order valence-corrected chi connectivity index (χ2v) is 22.0. The predicted octanol–water partition coefficient (Wildman–Crippen LogP) is 18.1. The van der Waals surface area contributed by atoms with Gasteiger partial charge in [-0.2, -0.15) is 0 Å². The molecule has 0 spiro atoms. The normalized spacial score (nSPS) is 11.5. The van der Waals surface area contributed by atoms with Gasteiger partial charge < -0.3 is 4.57 Å². The third-order valence-electron chi connectivity index (χ3n) is 14.2. The van der Waals surface area contributed by atoms with Gasteiger partial charge in [0.2, 0.25) is 0 Å². The standard InChI is InChI=1S/C34H21N5S.C21H14BrN3.C14H9NS/c1-3-10-22(11-4-1)32-36-33(23-12-5-2-6-13-23)38-34(37-32)24-14-9-15-25(18-24)39-29-17-8-7-16-26(29)27-19-31-28(20-30(27)39)35-21-40-31;22-18-13-7-12-17(14-18)21-24-19(15-8-3-1-4-9-15)23-20(25-21)16-10-5-2-6-11-16;1-2-4-11-9(3-1)5-10-6-13-14(7-12(10)11)16-8-15-13/h1-21H;1-14H;1-4,6-8H,5H2. The van der Waals surface area contributed by atoms with Crippen LogP contribution in [0.3, 0.4) is 0 Å². The number of hydrogen-bond acceptors (Lipinski definition) is 10. The van der Waals surface area contributed by atoms with Crippen LogP contribution in [-0.2, 0) is 6.42 Å². The number of nitrogens with zero attached hydrogens (tertiary/aromatic N) is 9. The van der Waals surface area contributed by atoms with Crippen molar-refractivity contribution in [1.82, 2.24) is 44.4 Å². The minimum atomic E-state index is 0.636. The molecule has 0 aliphatic heterocycles. The Kier molecular flexibility index (Phi) is 13.4. The Bertz CT molecular complexity index is 4640. The summed E-state index contributed by atoms with van der Waals surface area (Å²) >= 11 is 6.90. The molecule has 0 unspecified atom stereocenters. The lowest BCUT2D eigenvalue weighted by Gasteiger charge is -2.11. The molecule has 5 heterocycles. The van der Waals surface area contributed by atoms with E-state index in [1.54, 1.807) is 22.7 Å². The van der Waals surface area contributed by atoms with E-state index in [1.165, 1.54) is 42.4 Å². The third-order valence-corrected chi connectivity index (χ3v) is 16.3. The van der Waals surface area contributed by atoms with Gasteiger partial charge in [0.05, 0.1) is 42.5 Å². The van der Waals surface area contributed by atoms with Crippen LogP contribution in [0.4, 0.5) is 0 Å². The van der Waals surface area contributed by atoms with Crippen LogP contribution in [0.15, 0.2) is 258 Å². The smallest absolute Gasteiger partial charge is 0.164 e. The highest BCUT2D eigenvalue weighted by atomic mass is 79.9. The highest BCUT2D eigenvalue weighted by molar-refractivity contribution is 9.10. The molecule has 12 heteroatoms. The fourth-order valence-corrected chi connectivity index (χ4v) is 12.2. The molecule has 0 bridgehead atoms. The molecule has 1 aliphatic rings. The van der Waals surface area contributed by atoms with Gasteiger partial charge in [-0.05, 0) is 83.3 Å². The van der Waals surface area contributed by atoms with Crippen molar-refractivity contribution < 1.29 is 0 Å². The van der Waals surface area contributed by atoms with Gasteiger partial charge in [-0.1, -0.05) is 204 Å². The summed E-state index contributed by atoms with van der Waals surface area (Å²) in [6.07, 6.45) is 1.05. The molecular formula is C69H44BrN9S2. The van der Waals surface area contributed by atoms with Crippen molar-refractivity contribution in [3.05, 3.63) is 269 Å². The van der Waals surface area contributed by atoms with Gasteiger partial charge in [0.1, 0.15) is 0 Å². The first-order chi connectivity index (χ1) is 40.0. The van der Waals surface area contributed by atoms with Crippen molar-refractivity contribution >= 4 is 80.8 Å². The van der Waals surface area contributed by atoms with Crippen LogP contribution in [0.2, 0.25) is 0 Å². The van der Waals surface area contributed by atoms with E-state index in [4.69, 9.17) is 24.9 Å². The van der Waals surface area contributed by atoms with Gasteiger partial charge in [0.25, 0.3) is 0 Å². The maximum Gasteiger partial charge on any atom is 0.164 e. The Morgan fingerprint density at radius 1 is 0.333 bits per heavy atom. The number of rotatable bonds is 7. The van der Waals surface area contributed by atoms with Crippen LogP contribution in [0.25, 0.3) is 127 Å². The maximum absolute atomic E-state index is 4.94. The Balaban J connectivity index is 0.000000121. The quantitative estimate of drug-likeness (QED) is 0.155. The molecule has 0 amide bonds. The van der Waals surface area contributed by atoms with E-state index in [2.05, 4.69) is 133 Å². The van der Waals surface area contributed by atoms with Crippen molar-refractivity contribution in [3.63, 3.8) is 0 Å². The predicted molar refractivity (Wildman–Crippen MR) is 335 cm³/mol. The topological polar surface area (TPSA) is 108 Å². The molecule has 9 nitrogen and oxygen atoms in total. The molecule has 5 aromatic heterocycles. The van der Waals surface area contributed by atoms with E-state index in [0.717, 1.165) is 72.0 Å². The van der Waals surface area contributed by atoms with Gasteiger partial charge in [-0.15, -0.1) is 22.7 Å². The zero-order valence-electron chi connectivity index (χ0n) is 43.2. The Morgan fingerprint density at radius 2 is 0.790 bits per heavy atom. The van der Waals surface area contributed by atoms with Gasteiger partial charge in [0, 0.05) is 54.3 Å². The minimum Gasteiger partial charge on any atom is -0.309 e. The summed E-state index contributed by atoms with van der Waals surface area (Å²) in [6, 6.07) is 82.7. The van der Waals surface area contributed by atoms with E-state index < -0.39 is 0 Å². The Morgan fingerprint density at radius 3 is 1.36 bits per heavy atom. The number of benzene rings is 10. The van der Waals surface area contributed by atoms with Crippen LogP contribution in [-0.4, -0.2) is 44.4 Å². The summed E-state index contributed by atoms with van der Waals surface area (Å²) in [5.41, 5.74) is 20.7. The first-order valence-electron chi connectivity index (χ1n) is 26.3. The molecule has 0 saturated carbocycles. The molecule has 0 N–H and O–H groups in total. The summed E-state index contributed by atoms with van der Waals surface area (Å²) in [5, 5.41) is 2.44. The largest absolute Gasteiger partial charge is 0.309 e. The van der Waals surface area contributed by atoms with Crippen molar-refractivity contribution in [2.45, 2.75) is 6.42 Å². The van der Waals surface area contributed by atoms with Crippen LogP contribution < -0.4 is 0 Å². The number of hydrogen-bond donors (Lipinski definition) is 0. The van der Waals surface area contributed by atoms with Gasteiger partial charge in [-0.3, -0.25) is 0 Å². The van der Waals surface area contributed by atoms with Crippen LogP contribution in [0.1, 0.15) is 11.1 Å². The molecule has 10 aromatic carbocycles. The number of para-hydroxylation sites is 1. The lowest BCUT2D eigenvalue weighted by Crippen LogP contribution is -2.01. The van der Waals surface area contributed by atoms with Crippen molar-refractivity contribution in [2.24, 2.45) is 0 Å². The lowest BCUT2D eigenvalue weighted by molar-refractivity contribution is 1.07. The van der Waals surface area contributed by atoms with Crippen LogP contribution >= 0.6 is 38.6 Å². The molecule has 1 aliphatic carbocycles. The van der Waals surface area contributed by atoms with Crippen LogP contribution in [0.5, 0.6) is 0 Å². The van der Waals surface area contributed by atoms with Gasteiger partial charge >= 0.3 is 0 Å². The monoisotopic (exact) mass is 1140 g/mol. The van der Waals surface area contributed by atoms with Crippen molar-refractivity contribution in [2.75, 3.05) is 0 Å². The molecule has 0 saturated heterocycles. The molecule has 81 heavy (non-hydrogen) atoms. The summed E-state index contributed by atoms with van der Waals surface area (Å²) in [5.74, 6) is 3.94. The summed E-state index contributed by atoms with van der Waals surface area (Å²) in [4.78, 5) is 37.8. The minimum absolute atomic E-state index is 0.636. The maximum atomic E-state index is 4.94. The first kappa shape index (κ1) is 49.6. The average Bonchev–Trinajstić information content (AvgIpc) is 4.07. The second-order valence-electron chi connectivity index (χ2n) is 19.3. The SMILES string of the molecule is Brc1cccc(-c2nc(-c3ccccc3)nc(-c3ccccc3)n2)c1.c1ccc(-c2nc(-c3ccccc3)nc(-c3cccc(-n4c5ccccc5c5cc6scnc6cc54)c3)n2)cc1.c1ccc2c(c1)Cc1cc3ncsc3cc1-2. The highest BCUT2D eigenvalue weighted by Crippen LogP contribution is 2.40. The molecule has 384 valence electrons. The van der Waals surface area contributed by atoms with E-state index in [0.29, 0.717) is 34.9 Å².